The van der Waals surface area contributed by atoms with E-state index >= 15 is 0 Å². The second-order valence-electron chi connectivity index (χ2n) is 3.53. The van der Waals surface area contributed by atoms with Gasteiger partial charge in [0.05, 0.1) is 13.7 Å². The Hall–Kier alpha value is -1.75. The third-order valence-electron chi connectivity index (χ3n) is 2.22. The first kappa shape index (κ1) is 13.3. The van der Waals surface area contributed by atoms with Crippen molar-refractivity contribution in [1.29, 1.82) is 0 Å². The quantitative estimate of drug-likeness (QED) is 0.443. The van der Waals surface area contributed by atoms with Gasteiger partial charge in [0.25, 0.3) is 0 Å². The number of hydrogen-bond acceptors (Lipinski definition) is 5. The number of aliphatic hydroxyl groups is 1. The first-order chi connectivity index (χ1) is 8.19. The Morgan fingerprint density at radius 3 is 2.82 bits per heavy atom. The summed E-state index contributed by atoms with van der Waals surface area (Å²) in [5.41, 5.74) is 6.40. The number of anilines is 1. The molecule has 0 aliphatic heterocycles. The third-order valence-corrected chi connectivity index (χ3v) is 2.22. The molecule has 0 radical (unpaired) electrons. The van der Waals surface area contributed by atoms with Gasteiger partial charge in [0.2, 0.25) is 0 Å². The van der Waals surface area contributed by atoms with Gasteiger partial charge in [-0.3, -0.25) is 0 Å². The van der Waals surface area contributed by atoms with E-state index in [2.05, 4.69) is 4.74 Å². The van der Waals surface area contributed by atoms with Gasteiger partial charge in [0.15, 0.2) is 0 Å². The fraction of sp³-hybridized carbons (Fsp3) is 0.417. The Balaban J connectivity index is 2.72. The summed E-state index contributed by atoms with van der Waals surface area (Å²) >= 11 is 0. The lowest BCUT2D eigenvalue weighted by Crippen LogP contribution is -2.07. The Morgan fingerprint density at radius 2 is 2.18 bits per heavy atom. The van der Waals surface area contributed by atoms with Crippen LogP contribution in [0.15, 0.2) is 18.2 Å². The van der Waals surface area contributed by atoms with Gasteiger partial charge in [-0.25, -0.2) is 4.79 Å². The van der Waals surface area contributed by atoms with Crippen molar-refractivity contribution in [3.05, 3.63) is 23.8 Å². The zero-order chi connectivity index (χ0) is 12.7. The highest BCUT2D eigenvalue weighted by Gasteiger charge is 2.13. The number of unbranched alkanes of at least 4 members (excludes halogenated alkanes) is 1. The molecule has 0 amide bonds. The van der Waals surface area contributed by atoms with Crippen LogP contribution < -0.4 is 10.5 Å². The van der Waals surface area contributed by atoms with Crippen molar-refractivity contribution in [3.63, 3.8) is 0 Å². The van der Waals surface area contributed by atoms with Crippen LogP contribution in [-0.2, 0) is 4.74 Å². The predicted octanol–water partition coefficient (Wildman–Crippen LogP) is 1.21. The van der Waals surface area contributed by atoms with Crippen molar-refractivity contribution in [2.75, 3.05) is 26.1 Å². The van der Waals surface area contributed by atoms with Gasteiger partial charge in [0, 0.05) is 12.3 Å². The Labute approximate surface area is 100 Å². The van der Waals surface area contributed by atoms with E-state index in [1.807, 2.05) is 0 Å². The monoisotopic (exact) mass is 239 g/mol. The van der Waals surface area contributed by atoms with E-state index in [-0.39, 0.29) is 6.61 Å². The highest BCUT2D eigenvalue weighted by molar-refractivity contribution is 5.93. The maximum Gasteiger partial charge on any atom is 0.341 e. The lowest BCUT2D eigenvalue weighted by atomic mass is 10.2. The van der Waals surface area contributed by atoms with Crippen molar-refractivity contribution in [3.8, 4) is 5.75 Å². The van der Waals surface area contributed by atoms with E-state index in [4.69, 9.17) is 15.6 Å². The number of carbonyl (C=O) groups excluding carboxylic acids is 1. The topological polar surface area (TPSA) is 81.8 Å². The number of nitrogens with two attached hydrogens (primary N) is 1. The van der Waals surface area contributed by atoms with E-state index in [9.17, 15) is 4.79 Å². The van der Waals surface area contributed by atoms with Gasteiger partial charge in [-0.05, 0) is 31.0 Å². The van der Waals surface area contributed by atoms with Crippen molar-refractivity contribution in [2.45, 2.75) is 12.8 Å². The Kier molecular flexibility index (Phi) is 5.29. The second-order valence-corrected chi connectivity index (χ2v) is 3.53. The largest absolute Gasteiger partial charge is 0.493 e. The fourth-order valence-corrected chi connectivity index (χ4v) is 1.34. The molecule has 5 nitrogen and oxygen atoms in total. The molecule has 0 unspecified atom stereocenters. The van der Waals surface area contributed by atoms with Crippen LogP contribution in [0.3, 0.4) is 0 Å². The van der Waals surface area contributed by atoms with Crippen LogP contribution in [0.25, 0.3) is 0 Å². The molecule has 0 heterocycles. The van der Waals surface area contributed by atoms with Crippen molar-refractivity contribution >= 4 is 11.7 Å². The highest BCUT2D eigenvalue weighted by Crippen LogP contribution is 2.22. The number of carbonyl (C=O) groups is 1. The summed E-state index contributed by atoms with van der Waals surface area (Å²) in [7, 11) is 1.31. The molecule has 1 aromatic rings. The van der Waals surface area contributed by atoms with E-state index in [0.717, 1.165) is 6.42 Å². The molecule has 5 heteroatoms. The van der Waals surface area contributed by atoms with E-state index < -0.39 is 5.97 Å². The Bertz CT molecular complexity index is 379. The number of esters is 1. The molecule has 0 aliphatic rings. The minimum atomic E-state index is -0.477. The zero-order valence-electron chi connectivity index (χ0n) is 9.81. The third kappa shape index (κ3) is 3.96. The standard InChI is InChI=1S/C12H17NO4/c1-16-12(15)10-8-9(13)4-5-11(10)17-7-3-2-6-14/h4-5,8,14H,2-3,6-7,13H2,1H3. The normalized spacial score (nSPS) is 10.0. The summed E-state index contributed by atoms with van der Waals surface area (Å²) in [4.78, 5) is 11.5. The summed E-state index contributed by atoms with van der Waals surface area (Å²) in [6.07, 6.45) is 1.39. The summed E-state index contributed by atoms with van der Waals surface area (Å²) < 4.78 is 10.1. The van der Waals surface area contributed by atoms with Crippen LogP contribution in [0.2, 0.25) is 0 Å². The van der Waals surface area contributed by atoms with Crippen molar-refractivity contribution < 1.29 is 19.4 Å². The van der Waals surface area contributed by atoms with E-state index in [0.29, 0.717) is 30.0 Å². The molecule has 17 heavy (non-hydrogen) atoms. The van der Waals surface area contributed by atoms with E-state index in [1.54, 1.807) is 12.1 Å². The van der Waals surface area contributed by atoms with Crippen LogP contribution >= 0.6 is 0 Å². The molecule has 0 bridgehead atoms. The van der Waals surface area contributed by atoms with Gasteiger partial charge < -0.3 is 20.3 Å². The predicted molar refractivity (Wildman–Crippen MR) is 64.0 cm³/mol. The molecule has 0 spiro atoms. The lowest BCUT2D eigenvalue weighted by Gasteiger charge is -2.10. The minimum Gasteiger partial charge on any atom is -0.493 e. The molecule has 94 valence electrons. The number of nitrogen functional groups attached to an aromatic ring is 1. The smallest absolute Gasteiger partial charge is 0.341 e. The number of ether oxygens (including phenoxy) is 2. The highest BCUT2D eigenvalue weighted by atomic mass is 16.5. The van der Waals surface area contributed by atoms with Gasteiger partial charge in [0.1, 0.15) is 11.3 Å². The SMILES string of the molecule is COC(=O)c1cc(N)ccc1OCCCCO. The molecule has 0 saturated carbocycles. The lowest BCUT2D eigenvalue weighted by molar-refractivity contribution is 0.0596. The molecule has 1 rings (SSSR count). The first-order valence-corrected chi connectivity index (χ1v) is 5.40. The van der Waals surface area contributed by atoms with Crippen LogP contribution in [0.1, 0.15) is 23.2 Å². The molecule has 0 aliphatic carbocycles. The molecule has 0 aromatic heterocycles. The van der Waals surface area contributed by atoms with Crippen molar-refractivity contribution in [2.24, 2.45) is 0 Å². The molecule has 3 N–H and O–H groups in total. The van der Waals surface area contributed by atoms with Crippen LogP contribution in [0.4, 0.5) is 5.69 Å². The number of methoxy groups -OCH3 is 1. The second kappa shape index (κ2) is 6.75. The minimum absolute atomic E-state index is 0.134. The van der Waals surface area contributed by atoms with Crippen LogP contribution in [0.5, 0.6) is 5.75 Å². The summed E-state index contributed by atoms with van der Waals surface area (Å²) in [5, 5.41) is 8.63. The maximum absolute atomic E-state index is 11.5. The maximum atomic E-state index is 11.5. The van der Waals surface area contributed by atoms with Crippen LogP contribution in [0, 0.1) is 0 Å². The average Bonchev–Trinajstić information content (AvgIpc) is 2.35. The van der Waals surface area contributed by atoms with Gasteiger partial charge in [-0.15, -0.1) is 0 Å². The molecular formula is C12H17NO4. The fourth-order valence-electron chi connectivity index (χ4n) is 1.34. The van der Waals surface area contributed by atoms with Gasteiger partial charge in [-0.2, -0.15) is 0 Å². The molecular weight excluding hydrogens is 222 g/mol. The summed E-state index contributed by atoms with van der Waals surface area (Å²) in [5.74, 6) is -0.0292. The number of rotatable bonds is 6. The van der Waals surface area contributed by atoms with Crippen molar-refractivity contribution in [1.82, 2.24) is 0 Å². The van der Waals surface area contributed by atoms with E-state index in [1.165, 1.54) is 13.2 Å². The van der Waals surface area contributed by atoms with Gasteiger partial charge >= 0.3 is 5.97 Å². The first-order valence-electron chi connectivity index (χ1n) is 5.40. The zero-order valence-corrected chi connectivity index (χ0v) is 9.81. The van der Waals surface area contributed by atoms with Crippen LogP contribution in [-0.4, -0.2) is 31.4 Å². The molecule has 1 aromatic carbocycles. The number of aliphatic hydroxyl groups excluding tert-OH is 1. The summed E-state index contributed by atoms with van der Waals surface area (Å²) in [6.45, 7) is 0.573. The molecule has 0 atom stereocenters. The van der Waals surface area contributed by atoms with Gasteiger partial charge in [-0.1, -0.05) is 0 Å². The number of benzene rings is 1. The average molecular weight is 239 g/mol. The number of hydrogen-bond donors (Lipinski definition) is 2. The molecule has 0 saturated heterocycles. The Morgan fingerprint density at radius 1 is 1.41 bits per heavy atom. The molecule has 0 fully saturated rings. The summed E-state index contributed by atoms with van der Waals surface area (Å²) in [6, 6.07) is 4.82.